The third kappa shape index (κ3) is 3.48. The van der Waals surface area contributed by atoms with Gasteiger partial charge in [0, 0.05) is 29.8 Å². The highest BCUT2D eigenvalue weighted by molar-refractivity contribution is 6.48. The second-order valence-corrected chi connectivity index (χ2v) is 7.34. The normalized spacial score (nSPS) is 16.8. The number of aliphatic imine (C=N–C) groups is 2. The minimum atomic E-state index is -0.248. The lowest BCUT2D eigenvalue weighted by Crippen LogP contribution is -2.36. The number of hydrogen-bond donors (Lipinski definition) is 1. The van der Waals surface area contributed by atoms with Gasteiger partial charge in [-0.15, -0.1) is 0 Å². The summed E-state index contributed by atoms with van der Waals surface area (Å²) in [7, 11) is 0. The van der Waals surface area contributed by atoms with Crippen LogP contribution in [0.2, 0.25) is 0 Å². The number of fused-ring (bicyclic) bond motifs is 1. The highest BCUT2D eigenvalue weighted by atomic mass is 16.3. The number of phenolic OH excluding ortho intramolecular Hbond substituents is 1. The van der Waals surface area contributed by atoms with Gasteiger partial charge >= 0.3 is 0 Å². The van der Waals surface area contributed by atoms with Gasteiger partial charge in [-0.3, -0.25) is 9.69 Å². The fraction of sp³-hybridized carbons (Fsp3) is 0.0800. The molecule has 0 bridgehead atoms. The largest absolute Gasteiger partial charge is 0.508 e. The van der Waals surface area contributed by atoms with Crippen LogP contribution < -0.4 is 0 Å². The van der Waals surface area contributed by atoms with Crippen molar-refractivity contribution in [3.05, 3.63) is 101 Å². The van der Waals surface area contributed by atoms with Crippen molar-refractivity contribution in [2.45, 2.75) is 13.3 Å². The summed E-state index contributed by atoms with van der Waals surface area (Å²) in [5.41, 5.74) is 4.11. The number of nitrogens with zero attached hydrogens (tertiary/aromatic N) is 3. The maximum atomic E-state index is 13.1. The molecule has 1 N–H and O–H groups in total. The quantitative estimate of drug-likeness (QED) is 0.641. The summed E-state index contributed by atoms with van der Waals surface area (Å²) in [5, 5.41) is 10.2. The van der Waals surface area contributed by atoms with Gasteiger partial charge < -0.3 is 9.52 Å². The van der Waals surface area contributed by atoms with Crippen LogP contribution in [0.1, 0.15) is 22.5 Å². The minimum absolute atomic E-state index is 0.184. The molecular formula is C25H19N3O3. The molecule has 1 amide bonds. The number of furan rings is 1. The molecule has 0 unspecified atom stereocenters. The number of aromatic hydroxyl groups is 1. The van der Waals surface area contributed by atoms with Gasteiger partial charge in [0.05, 0.1) is 17.7 Å². The summed E-state index contributed by atoms with van der Waals surface area (Å²) in [4.78, 5) is 24.1. The van der Waals surface area contributed by atoms with Gasteiger partial charge in [0.2, 0.25) is 0 Å². The fourth-order valence-corrected chi connectivity index (χ4v) is 3.65. The van der Waals surface area contributed by atoms with E-state index in [1.807, 2.05) is 43.3 Å². The third-order valence-corrected chi connectivity index (χ3v) is 5.28. The van der Waals surface area contributed by atoms with Crippen molar-refractivity contribution >= 4 is 29.2 Å². The van der Waals surface area contributed by atoms with E-state index >= 15 is 0 Å². The van der Waals surface area contributed by atoms with Crippen molar-refractivity contribution in [1.82, 2.24) is 4.90 Å². The van der Waals surface area contributed by atoms with E-state index < -0.39 is 0 Å². The van der Waals surface area contributed by atoms with E-state index in [0.29, 0.717) is 35.0 Å². The molecule has 6 heteroatoms. The van der Waals surface area contributed by atoms with Gasteiger partial charge in [-0.2, -0.15) is 0 Å². The van der Waals surface area contributed by atoms with E-state index in [0.717, 1.165) is 11.1 Å². The molecule has 0 radical (unpaired) electrons. The van der Waals surface area contributed by atoms with Gasteiger partial charge in [-0.25, -0.2) is 9.98 Å². The summed E-state index contributed by atoms with van der Waals surface area (Å²) < 4.78 is 5.35. The number of benzene rings is 2. The number of phenols is 1. The van der Waals surface area contributed by atoms with Crippen molar-refractivity contribution < 1.29 is 14.3 Å². The number of hydrogen-bond acceptors (Lipinski definition) is 5. The SMILES string of the molecule is Cc1c(O)cccc1C1=CN2C(=O)/C(=C/c3ccco3)N=C2C(Cc2ccccc2)=N1. The summed E-state index contributed by atoms with van der Waals surface area (Å²) in [5.74, 6) is 1.00. The first-order valence-corrected chi connectivity index (χ1v) is 9.90. The van der Waals surface area contributed by atoms with Crippen LogP contribution in [-0.2, 0) is 11.2 Å². The smallest absolute Gasteiger partial charge is 0.282 e. The Hall–Kier alpha value is -4.19. The van der Waals surface area contributed by atoms with Gasteiger partial charge in [0.1, 0.15) is 17.2 Å². The average molecular weight is 409 g/mol. The standard InChI is InChI=1S/C25H19N3O3/c1-16-19(10-5-11-23(16)29)22-15-28-24(20(26-22)13-17-7-3-2-4-8-17)27-21(25(28)30)14-18-9-6-12-31-18/h2-12,14-15,29H,13H2,1H3/b21-14-. The van der Waals surface area contributed by atoms with E-state index in [1.165, 1.54) is 4.90 Å². The molecule has 152 valence electrons. The second-order valence-electron chi connectivity index (χ2n) is 7.34. The lowest BCUT2D eigenvalue weighted by molar-refractivity contribution is -0.120. The maximum absolute atomic E-state index is 13.1. The van der Waals surface area contributed by atoms with Crippen LogP contribution in [0.15, 0.2) is 93.2 Å². The van der Waals surface area contributed by atoms with Crippen LogP contribution in [0.25, 0.3) is 11.8 Å². The minimum Gasteiger partial charge on any atom is -0.508 e. The summed E-state index contributed by atoms with van der Waals surface area (Å²) in [6, 6.07) is 18.7. The zero-order chi connectivity index (χ0) is 21.4. The van der Waals surface area contributed by atoms with Crippen LogP contribution in [0.4, 0.5) is 0 Å². The molecule has 0 atom stereocenters. The Morgan fingerprint density at radius 2 is 1.87 bits per heavy atom. The lowest BCUT2D eigenvalue weighted by Gasteiger charge is -2.22. The predicted molar refractivity (Wildman–Crippen MR) is 119 cm³/mol. The molecule has 3 heterocycles. The van der Waals surface area contributed by atoms with E-state index in [9.17, 15) is 9.90 Å². The Balaban J connectivity index is 1.61. The Labute approximate surface area is 179 Å². The van der Waals surface area contributed by atoms with Crippen molar-refractivity contribution in [3.8, 4) is 5.75 Å². The van der Waals surface area contributed by atoms with Crippen molar-refractivity contribution in [2.24, 2.45) is 9.98 Å². The van der Waals surface area contributed by atoms with E-state index in [-0.39, 0.29) is 17.4 Å². The third-order valence-electron chi connectivity index (χ3n) is 5.28. The Kier molecular flexibility index (Phi) is 4.59. The van der Waals surface area contributed by atoms with Crippen LogP contribution in [-0.4, -0.2) is 27.5 Å². The molecule has 5 rings (SSSR count). The molecule has 6 nitrogen and oxygen atoms in total. The van der Waals surface area contributed by atoms with E-state index in [1.54, 1.807) is 42.8 Å². The topological polar surface area (TPSA) is 78.4 Å². The molecule has 0 spiro atoms. The fourth-order valence-electron chi connectivity index (χ4n) is 3.65. The average Bonchev–Trinajstić information content (AvgIpc) is 3.40. The molecule has 1 aromatic heterocycles. The summed E-state index contributed by atoms with van der Waals surface area (Å²) >= 11 is 0. The number of rotatable bonds is 4. The highest BCUT2D eigenvalue weighted by Crippen LogP contribution is 2.32. The van der Waals surface area contributed by atoms with E-state index in [2.05, 4.69) is 4.99 Å². The highest BCUT2D eigenvalue weighted by Gasteiger charge is 2.35. The van der Waals surface area contributed by atoms with Gasteiger partial charge in [-0.05, 0) is 30.7 Å². The molecular weight excluding hydrogens is 390 g/mol. The first kappa shape index (κ1) is 18.8. The molecule has 0 aliphatic carbocycles. The molecule has 31 heavy (non-hydrogen) atoms. The Morgan fingerprint density at radius 1 is 1.03 bits per heavy atom. The number of amides is 1. The van der Waals surface area contributed by atoms with Gasteiger partial charge in [0.15, 0.2) is 5.84 Å². The second kappa shape index (κ2) is 7.57. The Morgan fingerprint density at radius 3 is 2.65 bits per heavy atom. The van der Waals surface area contributed by atoms with Gasteiger partial charge in [-0.1, -0.05) is 42.5 Å². The number of carbonyl (C=O) groups excluding carboxylic acids is 1. The van der Waals surface area contributed by atoms with Crippen LogP contribution in [0, 0.1) is 6.92 Å². The van der Waals surface area contributed by atoms with E-state index in [4.69, 9.17) is 9.41 Å². The van der Waals surface area contributed by atoms with Crippen molar-refractivity contribution in [2.75, 3.05) is 0 Å². The first-order chi connectivity index (χ1) is 15.1. The molecule has 0 saturated carbocycles. The summed E-state index contributed by atoms with van der Waals surface area (Å²) in [6.07, 6.45) is 5.38. The number of amidine groups is 1. The van der Waals surface area contributed by atoms with Crippen LogP contribution >= 0.6 is 0 Å². The maximum Gasteiger partial charge on any atom is 0.282 e. The first-order valence-electron chi connectivity index (χ1n) is 9.90. The zero-order valence-corrected chi connectivity index (χ0v) is 16.8. The molecule has 2 aliphatic heterocycles. The molecule has 3 aromatic rings. The zero-order valence-electron chi connectivity index (χ0n) is 16.8. The summed E-state index contributed by atoms with van der Waals surface area (Å²) in [6.45, 7) is 1.83. The monoisotopic (exact) mass is 409 g/mol. The molecule has 2 aliphatic rings. The Bertz CT molecular complexity index is 1280. The van der Waals surface area contributed by atoms with Crippen LogP contribution in [0.5, 0.6) is 5.75 Å². The molecule has 0 fully saturated rings. The van der Waals surface area contributed by atoms with Crippen LogP contribution in [0.3, 0.4) is 0 Å². The molecule has 2 aromatic carbocycles. The van der Waals surface area contributed by atoms with Crippen molar-refractivity contribution in [1.29, 1.82) is 0 Å². The van der Waals surface area contributed by atoms with Crippen molar-refractivity contribution in [3.63, 3.8) is 0 Å². The lowest BCUT2D eigenvalue weighted by atomic mass is 10.0. The van der Waals surface area contributed by atoms with Gasteiger partial charge in [0.25, 0.3) is 5.91 Å². The molecule has 0 saturated heterocycles. The number of carbonyl (C=O) groups is 1. The predicted octanol–water partition coefficient (Wildman–Crippen LogP) is 4.57.